The molecule has 2 amide bonds. The van der Waals surface area contributed by atoms with Crippen molar-refractivity contribution in [1.29, 1.82) is 5.26 Å². The summed E-state index contributed by atoms with van der Waals surface area (Å²) in [7, 11) is 0. The van der Waals surface area contributed by atoms with Crippen molar-refractivity contribution in [3.05, 3.63) is 65.2 Å². The first-order chi connectivity index (χ1) is 14.2. The summed E-state index contributed by atoms with van der Waals surface area (Å²) in [6.07, 6.45) is 0.848. The van der Waals surface area contributed by atoms with Gasteiger partial charge in [-0.15, -0.1) is 0 Å². The van der Waals surface area contributed by atoms with E-state index >= 15 is 0 Å². The predicted molar refractivity (Wildman–Crippen MR) is 110 cm³/mol. The number of rotatable bonds is 7. The number of hydrogen-bond acceptors (Lipinski definition) is 5. The number of anilines is 1. The van der Waals surface area contributed by atoms with Gasteiger partial charge in [0.1, 0.15) is 0 Å². The van der Waals surface area contributed by atoms with Crippen molar-refractivity contribution in [2.24, 2.45) is 0 Å². The van der Waals surface area contributed by atoms with Crippen LogP contribution in [0.2, 0.25) is 0 Å². The molecule has 7 heteroatoms. The van der Waals surface area contributed by atoms with Crippen LogP contribution in [0, 0.1) is 11.3 Å². The van der Waals surface area contributed by atoms with Gasteiger partial charge in [-0.3, -0.25) is 14.5 Å². The van der Waals surface area contributed by atoms with Gasteiger partial charge in [0.2, 0.25) is 0 Å². The number of amides is 2. The SMILES string of the molecule is N#Cc1cccc(C(=O)Nc2ccccc2C(=O)NCCCN2CCOCC2)c1. The molecule has 150 valence electrons. The Balaban J connectivity index is 1.56. The summed E-state index contributed by atoms with van der Waals surface area (Å²) < 4.78 is 5.33. The minimum Gasteiger partial charge on any atom is -0.379 e. The molecule has 2 N–H and O–H groups in total. The molecule has 2 aromatic rings. The topological polar surface area (TPSA) is 94.5 Å². The minimum absolute atomic E-state index is 0.228. The molecule has 1 fully saturated rings. The highest BCUT2D eigenvalue weighted by Crippen LogP contribution is 2.17. The first kappa shape index (κ1) is 20.5. The second-order valence-electron chi connectivity index (χ2n) is 6.76. The maximum Gasteiger partial charge on any atom is 0.255 e. The summed E-state index contributed by atoms with van der Waals surface area (Å²) in [4.78, 5) is 27.4. The Labute approximate surface area is 170 Å². The number of morpholine rings is 1. The Morgan fingerprint density at radius 1 is 1.07 bits per heavy atom. The third-order valence-corrected chi connectivity index (χ3v) is 4.71. The number of nitriles is 1. The second kappa shape index (κ2) is 10.4. The van der Waals surface area contributed by atoms with E-state index in [-0.39, 0.29) is 11.8 Å². The smallest absolute Gasteiger partial charge is 0.255 e. The molecule has 0 spiro atoms. The van der Waals surface area contributed by atoms with Crippen LogP contribution in [0.4, 0.5) is 5.69 Å². The summed E-state index contributed by atoms with van der Waals surface area (Å²) >= 11 is 0. The van der Waals surface area contributed by atoms with Crippen molar-refractivity contribution in [3.63, 3.8) is 0 Å². The van der Waals surface area contributed by atoms with E-state index in [2.05, 4.69) is 15.5 Å². The lowest BCUT2D eigenvalue weighted by Crippen LogP contribution is -2.38. The van der Waals surface area contributed by atoms with E-state index in [1.54, 1.807) is 42.5 Å². The highest BCUT2D eigenvalue weighted by molar-refractivity contribution is 6.09. The fourth-order valence-electron chi connectivity index (χ4n) is 3.14. The highest BCUT2D eigenvalue weighted by Gasteiger charge is 2.15. The van der Waals surface area contributed by atoms with Crippen LogP contribution in [-0.4, -0.2) is 56.1 Å². The maximum atomic E-state index is 12.6. The summed E-state index contributed by atoms with van der Waals surface area (Å²) in [6, 6.07) is 15.3. The van der Waals surface area contributed by atoms with E-state index in [9.17, 15) is 9.59 Å². The summed E-state index contributed by atoms with van der Waals surface area (Å²) in [5.74, 6) is -0.594. The molecule has 0 atom stereocenters. The number of nitrogens with one attached hydrogen (secondary N) is 2. The van der Waals surface area contributed by atoms with Crippen LogP contribution in [0.3, 0.4) is 0 Å². The van der Waals surface area contributed by atoms with Crippen LogP contribution in [0.15, 0.2) is 48.5 Å². The normalized spacial score (nSPS) is 14.0. The molecule has 29 heavy (non-hydrogen) atoms. The third kappa shape index (κ3) is 5.88. The van der Waals surface area contributed by atoms with E-state index in [0.717, 1.165) is 39.3 Å². The van der Waals surface area contributed by atoms with Gasteiger partial charge in [0.25, 0.3) is 11.8 Å². The Morgan fingerprint density at radius 3 is 2.66 bits per heavy atom. The van der Waals surface area contributed by atoms with Gasteiger partial charge >= 0.3 is 0 Å². The number of carbonyl (C=O) groups is 2. The molecule has 1 saturated heterocycles. The van der Waals surface area contributed by atoms with Crippen molar-refractivity contribution in [2.45, 2.75) is 6.42 Å². The average molecular weight is 392 g/mol. The van der Waals surface area contributed by atoms with Crippen LogP contribution in [0.5, 0.6) is 0 Å². The fraction of sp³-hybridized carbons (Fsp3) is 0.318. The van der Waals surface area contributed by atoms with Crippen LogP contribution in [0.1, 0.15) is 32.7 Å². The number of ether oxygens (including phenoxy) is 1. The Morgan fingerprint density at radius 2 is 1.86 bits per heavy atom. The summed E-state index contributed by atoms with van der Waals surface area (Å²) in [6.45, 7) is 4.85. The van der Waals surface area contributed by atoms with Gasteiger partial charge in [0, 0.05) is 25.2 Å². The van der Waals surface area contributed by atoms with E-state index in [0.29, 0.717) is 28.9 Å². The molecule has 1 aliphatic heterocycles. The fourth-order valence-corrected chi connectivity index (χ4v) is 3.14. The van der Waals surface area contributed by atoms with E-state index < -0.39 is 0 Å². The van der Waals surface area contributed by atoms with Crippen molar-refractivity contribution in [1.82, 2.24) is 10.2 Å². The maximum absolute atomic E-state index is 12.6. The Bertz CT molecular complexity index is 901. The number of nitrogens with zero attached hydrogens (tertiary/aromatic N) is 2. The Kier molecular flexibility index (Phi) is 7.34. The predicted octanol–water partition coefficient (Wildman–Crippen LogP) is 2.26. The van der Waals surface area contributed by atoms with E-state index in [1.807, 2.05) is 6.07 Å². The number of carbonyl (C=O) groups excluding carboxylic acids is 2. The van der Waals surface area contributed by atoms with Crippen molar-refractivity contribution >= 4 is 17.5 Å². The average Bonchev–Trinajstić information content (AvgIpc) is 2.77. The van der Waals surface area contributed by atoms with Crippen molar-refractivity contribution in [2.75, 3.05) is 44.7 Å². The van der Waals surface area contributed by atoms with Gasteiger partial charge in [0.05, 0.1) is 36.1 Å². The van der Waals surface area contributed by atoms with Crippen molar-refractivity contribution < 1.29 is 14.3 Å². The standard InChI is InChI=1S/C22H24N4O3/c23-16-17-5-3-6-18(15-17)21(27)25-20-8-2-1-7-19(20)22(28)24-9-4-10-26-11-13-29-14-12-26/h1-3,5-8,15H,4,9-14H2,(H,24,28)(H,25,27). The third-order valence-electron chi connectivity index (χ3n) is 4.71. The molecule has 0 aliphatic carbocycles. The summed E-state index contributed by atoms with van der Waals surface area (Å²) in [5, 5.41) is 14.7. The van der Waals surface area contributed by atoms with Gasteiger partial charge < -0.3 is 15.4 Å². The molecular formula is C22H24N4O3. The minimum atomic E-state index is -0.366. The molecule has 0 radical (unpaired) electrons. The molecule has 7 nitrogen and oxygen atoms in total. The quantitative estimate of drug-likeness (QED) is 0.705. The largest absolute Gasteiger partial charge is 0.379 e. The molecule has 0 aromatic heterocycles. The molecular weight excluding hydrogens is 368 g/mol. The van der Waals surface area contributed by atoms with Gasteiger partial charge in [0.15, 0.2) is 0 Å². The molecule has 0 bridgehead atoms. The van der Waals surface area contributed by atoms with Crippen LogP contribution in [-0.2, 0) is 4.74 Å². The number of benzene rings is 2. The summed E-state index contributed by atoms with van der Waals surface area (Å²) in [5.41, 5.74) is 1.61. The highest BCUT2D eigenvalue weighted by atomic mass is 16.5. The van der Waals surface area contributed by atoms with E-state index in [1.165, 1.54) is 6.07 Å². The molecule has 0 unspecified atom stereocenters. The lowest BCUT2D eigenvalue weighted by molar-refractivity contribution is 0.0374. The zero-order chi connectivity index (χ0) is 20.5. The van der Waals surface area contributed by atoms with Crippen LogP contribution in [0.25, 0.3) is 0 Å². The zero-order valence-electron chi connectivity index (χ0n) is 16.2. The Hall–Kier alpha value is -3.21. The van der Waals surface area contributed by atoms with Gasteiger partial charge in [-0.2, -0.15) is 5.26 Å². The number of hydrogen-bond donors (Lipinski definition) is 2. The van der Waals surface area contributed by atoms with Gasteiger partial charge in [-0.05, 0) is 43.3 Å². The molecule has 0 saturated carbocycles. The zero-order valence-corrected chi connectivity index (χ0v) is 16.2. The van der Waals surface area contributed by atoms with Crippen LogP contribution < -0.4 is 10.6 Å². The number of para-hydroxylation sites is 1. The molecule has 1 aliphatic rings. The lowest BCUT2D eigenvalue weighted by atomic mass is 10.1. The van der Waals surface area contributed by atoms with Gasteiger partial charge in [-0.1, -0.05) is 18.2 Å². The van der Waals surface area contributed by atoms with Crippen LogP contribution >= 0.6 is 0 Å². The molecule has 2 aromatic carbocycles. The molecule has 1 heterocycles. The molecule has 3 rings (SSSR count). The lowest BCUT2D eigenvalue weighted by Gasteiger charge is -2.26. The first-order valence-electron chi connectivity index (χ1n) is 9.66. The second-order valence-corrected chi connectivity index (χ2v) is 6.76. The monoisotopic (exact) mass is 392 g/mol. The van der Waals surface area contributed by atoms with Gasteiger partial charge in [-0.25, -0.2) is 0 Å². The first-order valence-corrected chi connectivity index (χ1v) is 9.66. The van der Waals surface area contributed by atoms with Crippen molar-refractivity contribution in [3.8, 4) is 6.07 Å². The van der Waals surface area contributed by atoms with E-state index in [4.69, 9.17) is 10.00 Å².